The number of pyridine rings is 1. The van der Waals surface area contributed by atoms with Crippen LogP contribution in [0.15, 0.2) is 23.6 Å². The number of anilines is 1. The third kappa shape index (κ3) is 4.22. The molecule has 0 radical (unpaired) electrons. The molecule has 3 heterocycles. The number of rotatable bonds is 8. The van der Waals surface area contributed by atoms with Gasteiger partial charge in [0, 0.05) is 48.6 Å². The molecule has 0 aliphatic rings. The number of aryl methyl sites for hydroxylation is 4. The Morgan fingerprint density at radius 3 is 2.59 bits per heavy atom. The van der Waals surface area contributed by atoms with Crippen molar-refractivity contribution in [2.24, 2.45) is 0 Å². The average Bonchev–Trinajstić information content (AvgIpc) is 3.04. The van der Waals surface area contributed by atoms with Crippen molar-refractivity contribution in [1.29, 1.82) is 0 Å². The molecule has 3 aromatic heterocycles. The summed E-state index contributed by atoms with van der Waals surface area (Å²) in [5.41, 5.74) is 9.98. The van der Waals surface area contributed by atoms with Crippen LogP contribution in [0.1, 0.15) is 43.3 Å². The number of nitrogen functional groups attached to an aromatic ring is 1. The molecule has 2 N–H and O–H groups in total. The Labute approximate surface area is 162 Å². The summed E-state index contributed by atoms with van der Waals surface area (Å²) < 4.78 is 14.6. The first kappa shape index (κ1) is 19.6. The van der Waals surface area contributed by atoms with Crippen LogP contribution in [0.2, 0.25) is 0 Å². The normalized spacial score (nSPS) is 12.6. The van der Waals surface area contributed by atoms with Crippen molar-refractivity contribution >= 4 is 28.0 Å². The second-order valence-corrected chi connectivity index (χ2v) is 8.09. The number of unbranched alkanes of at least 4 members (excludes halogenated alkanes) is 1. The quantitative estimate of drug-likeness (QED) is 0.471. The Morgan fingerprint density at radius 1 is 1.15 bits per heavy atom. The fraction of sp³-hybridized carbons (Fsp3) is 0.474. The highest BCUT2D eigenvalue weighted by Crippen LogP contribution is 2.27. The minimum Gasteiger partial charge on any atom is -0.609 e. The van der Waals surface area contributed by atoms with Gasteiger partial charge in [0.15, 0.2) is 5.82 Å². The maximum atomic E-state index is 12.4. The molecule has 0 saturated heterocycles. The molecule has 0 fully saturated rings. The summed E-state index contributed by atoms with van der Waals surface area (Å²) in [6.07, 6.45) is 7.05. The van der Waals surface area contributed by atoms with Crippen molar-refractivity contribution in [1.82, 2.24) is 24.5 Å². The average molecular weight is 387 g/mol. The third-order valence-electron chi connectivity index (χ3n) is 4.69. The monoisotopic (exact) mass is 386 g/mol. The van der Waals surface area contributed by atoms with E-state index in [0.29, 0.717) is 16.7 Å². The first-order valence-electron chi connectivity index (χ1n) is 9.30. The topological polar surface area (TPSA) is 106 Å². The van der Waals surface area contributed by atoms with Crippen molar-refractivity contribution in [2.75, 3.05) is 11.5 Å². The Kier molecular flexibility index (Phi) is 6.28. The van der Waals surface area contributed by atoms with Crippen LogP contribution in [0, 0.1) is 13.8 Å². The van der Waals surface area contributed by atoms with Gasteiger partial charge >= 0.3 is 5.16 Å². The maximum Gasteiger partial charge on any atom is 0.342 e. The van der Waals surface area contributed by atoms with Crippen molar-refractivity contribution in [3.63, 3.8) is 0 Å². The lowest BCUT2D eigenvalue weighted by Gasteiger charge is -2.13. The molecule has 8 heteroatoms. The summed E-state index contributed by atoms with van der Waals surface area (Å²) in [6.45, 7) is 6.93. The molecule has 1 unspecified atom stereocenters. The second kappa shape index (κ2) is 8.67. The lowest BCUT2D eigenvalue weighted by Crippen LogP contribution is -2.14. The molecule has 144 valence electrons. The van der Waals surface area contributed by atoms with E-state index in [2.05, 4.69) is 33.4 Å². The van der Waals surface area contributed by atoms with Gasteiger partial charge < -0.3 is 14.9 Å². The molecule has 7 nitrogen and oxygen atoms in total. The van der Waals surface area contributed by atoms with Crippen molar-refractivity contribution in [3.8, 4) is 0 Å². The summed E-state index contributed by atoms with van der Waals surface area (Å²) in [5, 5.41) is 0.389. The van der Waals surface area contributed by atoms with E-state index in [1.165, 1.54) is 0 Å². The van der Waals surface area contributed by atoms with E-state index in [1.807, 2.05) is 6.92 Å². The highest BCUT2D eigenvalue weighted by atomic mass is 32.2. The van der Waals surface area contributed by atoms with Gasteiger partial charge in [-0.1, -0.05) is 13.3 Å². The Morgan fingerprint density at radius 2 is 1.89 bits per heavy atom. The van der Waals surface area contributed by atoms with E-state index in [-0.39, 0.29) is 0 Å². The summed E-state index contributed by atoms with van der Waals surface area (Å²) in [6, 6.07) is 1.72. The summed E-state index contributed by atoms with van der Waals surface area (Å²) in [5.74, 6) is 2.01. The molecule has 0 spiro atoms. The number of hydrogen-bond donors (Lipinski definition) is 1. The standard InChI is InChI=1S/C19H26N6OS/c1-4-5-8-15-24-16-17(13(2)14(3)23-18(16)20)25(15)11-7-12-27(26)19-21-9-6-10-22-19/h6,9-10H,4-5,7-8,11-12H2,1-3H3,(H2,20,23). The summed E-state index contributed by atoms with van der Waals surface area (Å²) in [7, 11) is 0. The largest absolute Gasteiger partial charge is 0.609 e. The molecular weight excluding hydrogens is 360 g/mol. The molecule has 0 aliphatic carbocycles. The summed E-state index contributed by atoms with van der Waals surface area (Å²) in [4.78, 5) is 17.4. The van der Waals surface area contributed by atoms with Crippen LogP contribution >= 0.6 is 0 Å². The van der Waals surface area contributed by atoms with Gasteiger partial charge in [-0.15, -0.1) is 0 Å². The van der Waals surface area contributed by atoms with Crippen LogP contribution < -0.4 is 5.73 Å². The molecule has 0 bridgehead atoms. The first-order valence-corrected chi connectivity index (χ1v) is 10.6. The highest BCUT2D eigenvalue weighted by molar-refractivity contribution is 7.91. The number of nitrogens with two attached hydrogens (primary N) is 1. The zero-order valence-corrected chi connectivity index (χ0v) is 16.9. The smallest absolute Gasteiger partial charge is 0.342 e. The predicted octanol–water partition coefficient (Wildman–Crippen LogP) is 2.96. The van der Waals surface area contributed by atoms with Gasteiger partial charge in [0.25, 0.3) is 0 Å². The van der Waals surface area contributed by atoms with Crippen LogP contribution in [0.4, 0.5) is 5.82 Å². The molecule has 1 atom stereocenters. The fourth-order valence-electron chi connectivity index (χ4n) is 3.16. The van der Waals surface area contributed by atoms with E-state index >= 15 is 0 Å². The van der Waals surface area contributed by atoms with Gasteiger partial charge in [-0.25, -0.2) is 9.97 Å². The second-order valence-electron chi connectivity index (χ2n) is 6.62. The molecule has 0 aromatic carbocycles. The molecule has 3 aromatic rings. The van der Waals surface area contributed by atoms with E-state index in [9.17, 15) is 4.55 Å². The third-order valence-corrected chi connectivity index (χ3v) is 5.96. The van der Waals surface area contributed by atoms with Gasteiger partial charge in [-0.2, -0.15) is 9.97 Å². The SMILES string of the molecule is CCCCc1nc2c(N)nc(C)c(C)c2n1CCC[S+]([O-])c1ncccn1. The van der Waals surface area contributed by atoms with Gasteiger partial charge in [-0.3, -0.25) is 0 Å². The van der Waals surface area contributed by atoms with E-state index in [4.69, 9.17) is 10.7 Å². The van der Waals surface area contributed by atoms with Gasteiger partial charge in [-0.05, 0) is 31.9 Å². The zero-order chi connectivity index (χ0) is 19.4. The number of hydrogen-bond acceptors (Lipinski definition) is 6. The molecule has 3 rings (SSSR count). The lowest BCUT2D eigenvalue weighted by molar-refractivity contribution is 0.574. The van der Waals surface area contributed by atoms with E-state index < -0.39 is 11.2 Å². The minimum atomic E-state index is -1.20. The molecule has 27 heavy (non-hydrogen) atoms. The van der Waals surface area contributed by atoms with Crippen molar-refractivity contribution < 1.29 is 4.55 Å². The Bertz CT molecular complexity index is 912. The van der Waals surface area contributed by atoms with Gasteiger partial charge in [0.1, 0.15) is 17.1 Å². The van der Waals surface area contributed by atoms with Crippen LogP contribution in [0.5, 0.6) is 0 Å². The summed E-state index contributed by atoms with van der Waals surface area (Å²) >= 11 is -1.20. The number of imidazole rings is 1. The van der Waals surface area contributed by atoms with Crippen LogP contribution in [0.3, 0.4) is 0 Å². The molecule has 0 saturated carbocycles. The first-order chi connectivity index (χ1) is 13.0. The molecule has 0 aliphatic heterocycles. The Balaban J connectivity index is 1.85. The zero-order valence-electron chi connectivity index (χ0n) is 16.1. The van der Waals surface area contributed by atoms with Crippen molar-refractivity contribution in [3.05, 3.63) is 35.5 Å². The predicted molar refractivity (Wildman–Crippen MR) is 108 cm³/mol. The number of nitrogens with zero attached hydrogens (tertiary/aromatic N) is 5. The van der Waals surface area contributed by atoms with Crippen LogP contribution in [0.25, 0.3) is 11.0 Å². The lowest BCUT2D eigenvalue weighted by atomic mass is 10.2. The highest BCUT2D eigenvalue weighted by Gasteiger charge is 2.19. The van der Waals surface area contributed by atoms with Gasteiger partial charge in [0.2, 0.25) is 0 Å². The molecule has 0 amide bonds. The van der Waals surface area contributed by atoms with E-state index in [0.717, 1.165) is 60.3 Å². The number of fused-ring (bicyclic) bond motifs is 1. The Hall–Kier alpha value is -2.19. The minimum absolute atomic E-state index is 0.389. The molecular formula is C19H26N6OS. The fourth-order valence-corrected chi connectivity index (χ4v) is 4.09. The van der Waals surface area contributed by atoms with Crippen molar-refractivity contribution in [2.45, 2.75) is 58.2 Å². The van der Waals surface area contributed by atoms with Gasteiger partial charge in [0.05, 0.1) is 5.52 Å². The van der Waals surface area contributed by atoms with E-state index in [1.54, 1.807) is 18.5 Å². The number of aromatic nitrogens is 5. The van der Waals surface area contributed by atoms with Crippen LogP contribution in [-0.4, -0.2) is 34.8 Å². The van der Waals surface area contributed by atoms with Crippen LogP contribution in [-0.2, 0) is 24.1 Å². The maximum absolute atomic E-state index is 12.4.